The van der Waals surface area contributed by atoms with Crippen LogP contribution in [0, 0.1) is 11.7 Å². The van der Waals surface area contributed by atoms with Crippen LogP contribution in [0.3, 0.4) is 0 Å². The van der Waals surface area contributed by atoms with Gasteiger partial charge in [0.25, 0.3) is 0 Å². The number of halogens is 1. The molecule has 0 heterocycles. The molecule has 4 N–H and O–H groups in total. The van der Waals surface area contributed by atoms with Gasteiger partial charge in [0.15, 0.2) is 11.6 Å². The quantitative estimate of drug-likeness (QED) is 0.362. The van der Waals surface area contributed by atoms with E-state index in [4.69, 9.17) is 16.4 Å². The van der Waals surface area contributed by atoms with Crippen LogP contribution in [-0.2, 0) is 6.42 Å². The van der Waals surface area contributed by atoms with E-state index in [0.717, 1.165) is 0 Å². The number of benzene rings is 1. The summed E-state index contributed by atoms with van der Waals surface area (Å²) in [6.45, 7) is 4.00. The Morgan fingerprint density at radius 2 is 2.17 bits per heavy atom. The Morgan fingerprint density at radius 3 is 2.67 bits per heavy atom. The lowest BCUT2D eigenvalue weighted by Crippen LogP contribution is -2.31. The molecule has 0 aromatic heterocycles. The van der Waals surface area contributed by atoms with Crippen molar-refractivity contribution in [3.8, 4) is 5.75 Å². The summed E-state index contributed by atoms with van der Waals surface area (Å²) < 4.78 is 19.2. The van der Waals surface area contributed by atoms with Gasteiger partial charge in [-0.15, -0.1) is 0 Å². The highest BCUT2D eigenvalue weighted by molar-refractivity contribution is 5.79. The number of ether oxygens (including phenoxy) is 1. The van der Waals surface area contributed by atoms with E-state index < -0.39 is 5.82 Å². The van der Waals surface area contributed by atoms with Crippen molar-refractivity contribution < 1.29 is 9.13 Å². The largest absolute Gasteiger partial charge is 0.494 e. The lowest BCUT2D eigenvalue weighted by atomic mass is 10.00. The molecular weight excluding hydrogens is 235 g/mol. The molecule has 5 nitrogen and oxygen atoms in total. The molecule has 0 fully saturated rings. The van der Waals surface area contributed by atoms with Gasteiger partial charge in [0.2, 0.25) is 0 Å². The number of nitrogens with two attached hydrogens (primary N) is 2. The van der Waals surface area contributed by atoms with Crippen molar-refractivity contribution >= 4 is 12.0 Å². The molecule has 0 saturated heterocycles. The second-order valence-electron chi connectivity index (χ2n) is 4.35. The van der Waals surface area contributed by atoms with E-state index in [0.29, 0.717) is 17.7 Å². The molecule has 6 heteroatoms. The maximum Gasteiger partial charge on any atom is 0.170 e. The average molecular weight is 254 g/mol. The van der Waals surface area contributed by atoms with Crippen LogP contribution in [0.2, 0.25) is 0 Å². The van der Waals surface area contributed by atoms with Crippen LogP contribution in [-0.4, -0.2) is 13.4 Å². The molecule has 0 aliphatic heterocycles. The van der Waals surface area contributed by atoms with Gasteiger partial charge in [0, 0.05) is 5.56 Å². The molecule has 0 atom stereocenters. The topological polar surface area (TPSA) is 76.9 Å². The first kappa shape index (κ1) is 14.2. The maximum absolute atomic E-state index is 14.2. The van der Waals surface area contributed by atoms with Crippen molar-refractivity contribution in [2.75, 3.05) is 12.1 Å². The van der Waals surface area contributed by atoms with Gasteiger partial charge < -0.3 is 10.6 Å². The van der Waals surface area contributed by atoms with E-state index in [2.05, 4.69) is 5.10 Å². The first-order valence-electron chi connectivity index (χ1n) is 5.63. The monoisotopic (exact) mass is 254 g/mol. The number of methoxy groups -OCH3 is 1. The molecule has 18 heavy (non-hydrogen) atoms. The van der Waals surface area contributed by atoms with Crippen LogP contribution >= 0.6 is 0 Å². The van der Waals surface area contributed by atoms with Crippen molar-refractivity contribution in [1.29, 1.82) is 0 Å². The number of nitrogens with zero attached hydrogens (tertiary/aromatic N) is 2. The molecule has 0 bridgehead atoms. The number of hydrogen-bond donors (Lipinski definition) is 2. The predicted octanol–water partition coefficient (Wildman–Crippen LogP) is 1.61. The highest BCUT2D eigenvalue weighted by Gasteiger charge is 2.17. The minimum Gasteiger partial charge on any atom is -0.494 e. The fourth-order valence-corrected chi connectivity index (χ4v) is 1.73. The van der Waals surface area contributed by atoms with Crippen LogP contribution in [0.5, 0.6) is 5.75 Å². The Kier molecular flexibility index (Phi) is 4.91. The van der Waals surface area contributed by atoms with Gasteiger partial charge in [-0.05, 0) is 24.5 Å². The maximum atomic E-state index is 14.2. The smallest absolute Gasteiger partial charge is 0.170 e. The van der Waals surface area contributed by atoms with Gasteiger partial charge in [-0.2, -0.15) is 5.10 Å². The van der Waals surface area contributed by atoms with Crippen molar-refractivity contribution in [3.63, 3.8) is 0 Å². The highest BCUT2D eigenvalue weighted by Crippen LogP contribution is 2.30. The molecule has 0 unspecified atom stereocenters. The summed E-state index contributed by atoms with van der Waals surface area (Å²) in [6, 6.07) is 3.21. The van der Waals surface area contributed by atoms with Crippen molar-refractivity contribution in [2.45, 2.75) is 20.3 Å². The summed E-state index contributed by atoms with van der Waals surface area (Å²) >= 11 is 0. The molecule has 1 aromatic rings. The number of anilines is 1. The third kappa shape index (κ3) is 3.10. The molecule has 0 aliphatic carbocycles. The Hall–Kier alpha value is -1.82. The number of hydrogen-bond acceptors (Lipinski definition) is 4. The van der Waals surface area contributed by atoms with Crippen molar-refractivity contribution in [1.82, 2.24) is 0 Å². The lowest BCUT2D eigenvalue weighted by Gasteiger charge is -2.20. The summed E-state index contributed by atoms with van der Waals surface area (Å²) in [7, 11) is 1.43. The molecule has 0 spiro atoms. The van der Waals surface area contributed by atoms with E-state index in [1.165, 1.54) is 24.5 Å². The van der Waals surface area contributed by atoms with Crippen LogP contribution in [0.1, 0.15) is 19.4 Å². The SMILES string of the molecule is COc1ccc(N(N)/C=N\N)c(CC(C)C)c1F. The normalized spacial score (nSPS) is 11.2. The average Bonchev–Trinajstić information content (AvgIpc) is 2.31. The number of hydrazine groups is 1. The van der Waals surface area contributed by atoms with Crippen LogP contribution in [0.4, 0.5) is 10.1 Å². The summed E-state index contributed by atoms with van der Waals surface area (Å²) in [5.74, 6) is 10.9. The van der Waals surface area contributed by atoms with E-state index in [1.807, 2.05) is 13.8 Å². The Bertz CT molecular complexity index is 434. The molecule has 100 valence electrons. The van der Waals surface area contributed by atoms with Gasteiger partial charge in [0.05, 0.1) is 12.8 Å². The van der Waals surface area contributed by atoms with Crippen LogP contribution in [0.15, 0.2) is 17.2 Å². The van der Waals surface area contributed by atoms with E-state index in [1.54, 1.807) is 6.07 Å². The first-order chi connectivity index (χ1) is 8.51. The summed E-state index contributed by atoms with van der Waals surface area (Å²) in [5.41, 5.74) is 1.02. The molecule has 0 amide bonds. The molecule has 0 radical (unpaired) electrons. The van der Waals surface area contributed by atoms with Crippen molar-refractivity contribution in [2.24, 2.45) is 22.7 Å². The number of rotatable bonds is 5. The standard InChI is InChI=1S/C12H19FN4O/c1-8(2)6-9-10(17(15)7-16-14)4-5-11(18-3)12(9)13/h4-5,7-8H,6,14-15H2,1-3H3/b16-7-. The van der Waals surface area contributed by atoms with Gasteiger partial charge in [-0.1, -0.05) is 13.8 Å². The van der Waals surface area contributed by atoms with E-state index in [9.17, 15) is 4.39 Å². The minimum atomic E-state index is -0.399. The molecule has 0 saturated carbocycles. The molecular formula is C12H19FN4O. The predicted molar refractivity (Wildman–Crippen MR) is 70.8 cm³/mol. The summed E-state index contributed by atoms with van der Waals surface area (Å²) in [4.78, 5) is 0. The van der Waals surface area contributed by atoms with Gasteiger partial charge in [-0.25, -0.2) is 10.2 Å². The first-order valence-corrected chi connectivity index (χ1v) is 5.63. The Morgan fingerprint density at radius 1 is 1.50 bits per heavy atom. The highest BCUT2D eigenvalue weighted by atomic mass is 19.1. The molecule has 1 rings (SSSR count). The zero-order chi connectivity index (χ0) is 13.7. The van der Waals surface area contributed by atoms with E-state index >= 15 is 0 Å². The van der Waals surface area contributed by atoms with Crippen LogP contribution < -0.4 is 21.4 Å². The van der Waals surface area contributed by atoms with Gasteiger partial charge >= 0.3 is 0 Å². The summed E-state index contributed by atoms with van der Waals surface area (Å²) in [5, 5.41) is 4.52. The zero-order valence-corrected chi connectivity index (χ0v) is 10.9. The number of hydrazone groups is 1. The molecule has 0 aliphatic rings. The van der Waals surface area contributed by atoms with E-state index in [-0.39, 0.29) is 11.7 Å². The third-order valence-electron chi connectivity index (χ3n) is 2.48. The molecule has 1 aromatic carbocycles. The fourth-order valence-electron chi connectivity index (χ4n) is 1.73. The van der Waals surface area contributed by atoms with Crippen LogP contribution in [0.25, 0.3) is 0 Å². The zero-order valence-electron chi connectivity index (χ0n) is 10.9. The lowest BCUT2D eigenvalue weighted by molar-refractivity contribution is 0.383. The Labute approximate surface area is 106 Å². The third-order valence-corrected chi connectivity index (χ3v) is 2.48. The second-order valence-corrected chi connectivity index (χ2v) is 4.35. The van der Waals surface area contributed by atoms with Gasteiger partial charge in [-0.3, -0.25) is 5.01 Å². The summed E-state index contributed by atoms with van der Waals surface area (Å²) in [6.07, 6.45) is 1.77. The second kappa shape index (κ2) is 6.20. The minimum absolute atomic E-state index is 0.201. The van der Waals surface area contributed by atoms with Gasteiger partial charge in [0.1, 0.15) is 6.34 Å². The Balaban J connectivity index is 3.28. The van der Waals surface area contributed by atoms with Crippen molar-refractivity contribution in [3.05, 3.63) is 23.5 Å². The fraction of sp³-hybridized carbons (Fsp3) is 0.417.